The molecule has 0 saturated heterocycles. The molecule has 18 heavy (non-hydrogen) atoms. The fourth-order valence-corrected chi connectivity index (χ4v) is 2.20. The van der Waals surface area contributed by atoms with E-state index in [2.05, 4.69) is 31.2 Å². The number of halogens is 2. The number of aldehydes is 1. The van der Waals surface area contributed by atoms with Crippen molar-refractivity contribution in [2.24, 2.45) is 0 Å². The fraction of sp³-hybridized carbons (Fsp3) is 0.0833. The summed E-state index contributed by atoms with van der Waals surface area (Å²) in [5.41, 5.74) is 2.17. The Morgan fingerprint density at radius 2 is 2.17 bits per heavy atom. The van der Waals surface area contributed by atoms with Gasteiger partial charge < -0.3 is 5.32 Å². The number of hydrogen-bond acceptors (Lipinski definition) is 4. The molecule has 0 aliphatic heterocycles. The molecule has 0 aliphatic carbocycles. The minimum absolute atomic E-state index is 0.130. The molecule has 0 saturated carbocycles. The number of aryl methyl sites for hydroxylation is 1. The molecule has 0 aliphatic rings. The average Bonchev–Trinajstić information content (AvgIpc) is 2.33. The van der Waals surface area contributed by atoms with E-state index in [1.54, 1.807) is 0 Å². The number of rotatable bonds is 3. The predicted molar refractivity (Wildman–Crippen MR) is 74.6 cm³/mol. The first-order chi connectivity index (χ1) is 8.61. The minimum atomic E-state index is 0.130. The van der Waals surface area contributed by atoms with E-state index in [4.69, 9.17) is 11.6 Å². The summed E-state index contributed by atoms with van der Waals surface area (Å²) < 4.78 is 0.883. The zero-order chi connectivity index (χ0) is 13.1. The number of carbonyl (C=O) groups is 1. The lowest BCUT2D eigenvalue weighted by molar-refractivity contribution is 0.112. The Bertz CT molecular complexity index is 604. The average molecular weight is 327 g/mol. The van der Waals surface area contributed by atoms with Crippen molar-refractivity contribution in [1.29, 1.82) is 0 Å². The van der Waals surface area contributed by atoms with E-state index in [1.807, 2.05) is 25.1 Å². The van der Waals surface area contributed by atoms with Crippen molar-refractivity contribution < 1.29 is 4.79 Å². The number of nitrogens with one attached hydrogen (secondary N) is 1. The third kappa shape index (κ3) is 2.68. The summed E-state index contributed by atoms with van der Waals surface area (Å²) in [6, 6.07) is 5.81. The predicted octanol–water partition coefficient (Wildman–Crippen LogP) is 3.76. The summed E-state index contributed by atoms with van der Waals surface area (Å²) in [4.78, 5) is 18.7. The van der Waals surface area contributed by atoms with E-state index >= 15 is 0 Å². The van der Waals surface area contributed by atoms with Gasteiger partial charge in [0.05, 0.1) is 11.3 Å². The van der Waals surface area contributed by atoms with Crippen LogP contribution < -0.4 is 5.32 Å². The molecule has 92 valence electrons. The molecule has 1 aromatic heterocycles. The first kappa shape index (κ1) is 13.0. The number of anilines is 2. The largest absolute Gasteiger partial charge is 0.339 e. The first-order valence-corrected chi connectivity index (χ1v) is 6.27. The smallest absolute Gasteiger partial charge is 0.156 e. The second kappa shape index (κ2) is 5.46. The van der Waals surface area contributed by atoms with E-state index in [0.29, 0.717) is 12.1 Å². The van der Waals surface area contributed by atoms with Crippen LogP contribution >= 0.6 is 27.5 Å². The third-order valence-electron chi connectivity index (χ3n) is 2.33. The molecular formula is C12H9BrClN3O. The lowest BCUT2D eigenvalue weighted by Crippen LogP contribution is -2.01. The van der Waals surface area contributed by atoms with Crippen molar-refractivity contribution in [2.75, 3.05) is 5.32 Å². The Morgan fingerprint density at radius 3 is 2.83 bits per heavy atom. The highest BCUT2D eigenvalue weighted by molar-refractivity contribution is 9.10. The standard InChI is InChI=1S/C12H9BrClN3O/c1-7-2-3-10(9(13)4-7)17-12-8(5-18)11(14)15-6-16-12/h2-6H,1H3,(H,15,16,17). The van der Waals surface area contributed by atoms with Gasteiger partial charge in [0, 0.05) is 4.47 Å². The molecule has 0 fully saturated rings. The van der Waals surface area contributed by atoms with Gasteiger partial charge >= 0.3 is 0 Å². The molecule has 1 aromatic carbocycles. The Balaban J connectivity index is 2.40. The molecule has 0 atom stereocenters. The molecule has 1 N–H and O–H groups in total. The Labute approximate surface area is 118 Å². The van der Waals surface area contributed by atoms with Crippen molar-refractivity contribution >= 4 is 45.3 Å². The van der Waals surface area contributed by atoms with Gasteiger partial charge in [0.15, 0.2) is 6.29 Å². The highest BCUT2D eigenvalue weighted by Gasteiger charge is 2.10. The van der Waals surface area contributed by atoms with Crippen molar-refractivity contribution in [1.82, 2.24) is 9.97 Å². The van der Waals surface area contributed by atoms with Crippen LogP contribution in [0.3, 0.4) is 0 Å². The molecule has 6 heteroatoms. The van der Waals surface area contributed by atoms with Gasteiger partial charge in [-0.1, -0.05) is 17.7 Å². The van der Waals surface area contributed by atoms with Crippen LogP contribution in [0.2, 0.25) is 5.15 Å². The van der Waals surface area contributed by atoms with Crippen LogP contribution in [0.5, 0.6) is 0 Å². The van der Waals surface area contributed by atoms with E-state index < -0.39 is 0 Å². The van der Waals surface area contributed by atoms with Crippen molar-refractivity contribution in [3.05, 3.63) is 45.3 Å². The first-order valence-electron chi connectivity index (χ1n) is 5.10. The maximum absolute atomic E-state index is 11.0. The van der Waals surface area contributed by atoms with Crippen LogP contribution in [0.25, 0.3) is 0 Å². The van der Waals surface area contributed by atoms with Crippen LogP contribution in [0.4, 0.5) is 11.5 Å². The number of benzene rings is 1. The van der Waals surface area contributed by atoms with E-state index in [0.717, 1.165) is 15.7 Å². The summed E-state index contributed by atoms with van der Waals surface area (Å²) in [5, 5.41) is 3.18. The quantitative estimate of drug-likeness (QED) is 0.689. The Kier molecular flexibility index (Phi) is 3.93. The molecule has 0 amide bonds. The van der Waals surface area contributed by atoms with Crippen LogP contribution in [-0.4, -0.2) is 16.3 Å². The van der Waals surface area contributed by atoms with Gasteiger partial charge in [-0.25, -0.2) is 9.97 Å². The van der Waals surface area contributed by atoms with Gasteiger partial charge in [-0.3, -0.25) is 4.79 Å². The number of hydrogen-bond donors (Lipinski definition) is 1. The normalized spacial score (nSPS) is 10.2. The van der Waals surface area contributed by atoms with Crippen LogP contribution in [0.1, 0.15) is 15.9 Å². The number of aromatic nitrogens is 2. The lowest BCUT2D eigenvalue weighted by atomic mass is 10.2. The fourth-order valence-electron chi connectivity index (χ4n) is 1.43. The monoisotopic (exact) mass is 325 g/mol. The highest BCUT2D eigenvalue weighted by atomic mass is 79.9. The summed E-state index contributed by atoms with van der Waals surface area (Å²) >= 11 is 9.27. The molecule has 0 radical (unpaired) electrons. The molecule has 2 rings (SSSR count). The van der Waals surface area contributed by atoms with Gasteiger partial charge in [0.2, 0.25) is 0 Å². The third-order valence-corrected chi connectivity index (χ3v) is 3.29. The minimum Gasteiger partial charge on any atom is -0.339 e. The summed E-state index contributed by atoms with van der Waals surface area (Å²) in [6.45, 7) is 1.99. The summed E-state index contributed by atoms with van der Waals surface area (Å²) in [5.74, 6) is 0.384. The zero-order valence-electron chi connectivity index (χ0n) is 9.45. The second-order valence-corrected chi connectivity index (χ2v) is 4.87. The van der Waals surface area contributed by atoms with Gasteiger partial charge in [-0.15, -0.1) is 0 Å². The van der Waals surface area contributed by atoms with E-state index in [1.165, 1.54) is 6.33 Å². The SMILES string of the molecule is Cc1ccc(Nc2ncnc(Cl)c2C=O)c(Br)c1. The van der Waals surface area contributed by atoms with Crippen LogP contribution in [0, 0.1) is 6.92 Å². The molecule has 2 aromatic rings. The summed E-state index contributed by atoms with van der Waals surface area (Å²) in [6.07, 6.45) is 1.94. The molecule has 1 heterocycles. The molecule has 4 nitrogen and oxygen atoms in total. The summed E-state index contributed by atoms with van der Waals surface area (Å²) in [7, 11) is 0. The zero-order valence-corrected chi connectivity index (χ0v) is 11.8. The number of nitrogens with zero attached hydrogens (tertiary/aromatic N) is 2. The molecule has 0 unspecified atom stereocenters. The maximum Gasteiger partial charge on any atom is 0.156 e. The lowest BCUT2D eigenvalue weighted by Gasteiger charge is -2.10. The van der Waals surface area contributed by atoms with E-state index in [-0.39, 0.29) is 10.7 Å². The topological polar surface area (TPSA) is 54.9 Å². The van der Waals surface area contributed by atoms with Crippen LogP contribution in [0.15, 0.2) is 29.0 Å². The Morgan fingerprint density at radius 1 is 1.39 bits per heavy atom. The van der Waals surface area contributed by atoms with Crippen molar-refractivity contribution in [3.63, 3.8) is 0 Å². The highest BCUT2D eigenvalue weighted by Crippen LogP contribution is 2.28. The number of carbonyl (C=O) groups excluding carboxylic acids is 1. The van der Waals surface area contributed by atoms with Crippen LogP contribution in [-0.2, 0) is 0 Å². The molecule has 0 bridgehead atoms. The molecular weight excluding hydrogens is 318 g/mol. The second-order valence-electron chi connectivity index (χ2n) is 3.65. The van der Waals surface area contributed by atoms with Gasteiger partial charge in [-0.2, -0.15) is 0 Å². The Hall–Kier alpha value is -1.46. The van der Waals surface area contributed by atoms with E-state index in [9.17, 15) is 4.79 Å². The van der Waals surface area contributed by atoms with Gasteiger partial charge in [0.1, 0.15) is 17.3 Å². The van der Waals surface area contributed by atoms with Gasteiger partial charge in [0.25, 0.3) is 0 Å². The van der Waals surface area contributed by atoms with Crippen molar-refractivity contribution in [2.45, 2.75) is 6.92 Å². The van der Waals surface area contributed by atoms with Crippen molar-refractivity contribution in [3.8, 4) is 0 Å². The maximum atomic E-state index is 11.0. The molecule has 0 spiro atoms. The van der Waals surface area contributed by atoms with Gasteiger partial charge in [-0.05, 0) is 40.5 Å².